The van der Waals surface area contributed by atoms with Crippen molar-refractivity contribution in [3.05, 3.63) is 29.8 Å². The molecule has 3 rings (SSSR count). The van der Waals surface area contributed by atoms with Gasteiger partial charge in [-0.3, -0.25) is 19.8 Å². The summed E-state index contributed by atoms with van der Waals surface area (Å²) < 4.78 is 5.12. The largest absolute Gasteiger partial charge is 0.484 e. The van der Waals surface area contributed by atoms with Crippen LogP contribution in [0.15, 0.2) is 24.3 Å². The van der Waals surface area contributed by atoms with Crippen LogP contribution < -0.4 is 21.2 Å². The first-order valence-corrected chi connectivity index (χ1v) is 8.79. The van der Waals surface area contributed by atoms with Crippen LogP contribution in [-0.4, -0.2) is 40.9 Å². The summed E-state index contributed by atoms with van der Waals surface area (Å²) in [5, 5.41) is 3.50. The number of benzene rings is 1. The average Bonchev–Trinajstić information content (AvgIpc) is 2.87. The molecule has 4 N–H and O–H groups in total. The molecule has 1 aliphatic carbocycles. The van der Waals surface area contributed by atoms with Crippen molar-refractivity contribution >= 4 is 23.8 Å². The van der Waals surface area contributed by atoms with Gasteiger partial charge >= 0.3 is 6.03 Å². The smallest absolute Gasteiger partial charge is 0.344 e. The predicted octanol–water partition coefficient (Wildman–Crippen LogP) is 0.696. The summed E-state index contributed by atoms with van der Waals surface area (Å²) in [6.07, 6.45) is 2.83. The highest BCUT2D eigenvalue weighted by molar-refractivity contribution is 6.09. The minimum absolute atomic E-state index is 0.236. The number of urea groups is 1. The minimum Gasteiger partial charge on any atom is -0.484 e. The molecule has 2 aliphatic rings. The number of rotatable bonds is 5. The van der Waals surface area contributed by atoms with Gasteiger partial charge in [-0.05, 0) is 55.9 Å². The lowest BCUT2D eigenvalue weighted by molar-refractivity contribution is -0.134. The Morgan fingerprint density at radius 1 is 1.26 bits per heavy atom. The minimum atomic E-state index is -0.913. The third kappa shape index (κ3) is 3.86. The summed E-state index contributed by atoms with van der Waals surface area (Å²) >= 11 is 0. The second-order valence-electron chi connectivity index (χ2n) is 7.06. The summed E-state index contributed by atoms with van der Waals surface area (Å²) in [6, 6.07) is 5.29. The Morgan fingerprint density at radius 3 is 2.48 bits per heavy atom. The molecule has 1 spiro atoms. The molecule has 0 aromatic heterocycles. The van der Waals surface area contributed by atoms with E-state index in [9.17, 15) is 19.2 Å². The molecule has 9 heteroatoms. The second kappa shape index (κ2) is 7.26. The van der Waals surface area contributed by atoms with E-state index in [0.717, 1.165) is 17.9 Å². The second-order valence-corrected chi connectivity index (χ2v) is 7.06. The van der Waals surface area contributed by atoms with Crippen LogP contribution in [-0.2, 0) is 9.59 Å². The quantitative estimate of drug-likeness (QED) is 0.653. The Kier molecular flexibility index (Phi) is 5.02. The molecule has 27 heavy (non-hydrogen) atoms. The monoisotopic (exact) mass is 374 g/mol. The van der Waals surface area contributed by atoms with Gasteiger partial charge in [0.15, 0.2) is 6.61 Å². The van der Waals surface area contributed by atoms with E-state index in [1.54, 1.807) is 0 Å². The van der Waals surface area contributed by atoms with Gasteiger partial charge in [0.2, 0.25) is 0 Å². The Morgan fingerprint density at radius 2 is 1.89 bits per heavy atom. The van der Waals surface area contributed by atoms with Gasteiger partial charge in [0.1, 0.15) is 11.3 Å². The topological polar surface area (TPSA) is 131 Å². The van der Waals surface area contributed by atoms with Crippen molar-refractivity contribution in [2.24, 2.45) is 11.7 Å². The maximum atomic E-state index is 12.7. The molecule has 1 aromatic carbocycles. The lowest BCUT2D eigenvalue weighted by Crippen LogP contribution is -2.51. The lowest BCUT2D eigenvalue weighted by Gasteiger charge is -2.33. The molecular weight excluding hydrogens is 352 g/mol. The van der Waals surface area contributed by atoms with Crippen LogP contribution in [0.5, 0.6) is 5.75 Å². The lowest BCUT2D eigenvalue weighted by atomic mass is 9.77. The zero-order chi connectivity index (χ0) is 19.6. The van der Waals surface area contributed by atoms with Crippen molar-refractivity contribution in [2.75, 3.05) is 6.61 Å². The molecule has 1 aromatic rings. The molecule has 5 amide bonds. The van der Waals surface area contributed by atoms with Crippen molar-refractivity contribution in [3.63, 3.8) is 0 Å². The van der Waals surface area contributed by atoms with E-state index >= 15 is 0 Å². The highest BCUT2D eigenvalue weighted by Crippen LogP contribution is 2.35. The number of primary amides is 1. The molecule has 1 saturated carbocycles. The zero-order valence-corrected chi connectivity index (χ0v) is 15.0. The molecule has 0 bridgehead atoms. The predicted molar refractivity (Wildman–Crippen MR) is 94.3 cm³/mol. The van der Waals surface area contributed by atoms with Gasteiger partial charge in [0.25, 0.3) is 17.7 Å². The number of nitrogens with one attached hydrogen (secondary N) is 2. The van der Waals surface area contributed by atoms with Gasteiger partial charge in [-0.15, -0.1) is 0 Å². The first-order valence-electron chi connectivity index (χ1n) is 8.79. The van der Waals surface area contributed by atoms with E-state index in [1.807, 2.05) is 0 Å². The molecule has 0 radical (unpaired) electrons. The number of nitrogens with zero attached hydrogens (tertiary/aromatic N) is 1. The molecule has 144 valence electrons. The van der Waals surface area contributed by atoms with Crippen molar-refractivity contribution in [3.8, 4) is 5.75 Å². The number of carbonyl (C=O) groups is 4. The fourth-order valence-corrected chi connectivity index (χ4v) is 3.34. The van der Waals surface area contributed by atoms with Crippen LogP contribution in [0.1, 0.15) is 43.0 Å². The van der Waals surface area contributed by atoms with Gasteiger partial charge in [0.05, 0.1) is 0 Å². The van der Waals surface area contributed by atoms with Crippen LogP contribution in [0.2, 0.25) is 0 Å². The average molecular weight is 374 g/mol. The summed E-state index contributed by atoms with van der Waals surface area (Å²) in [7, 11) is 0. The Hall–Kier alpha value is -3.10. The first-order chi connectivity index (χ1) is 12.8. The molecule has 0 unspecified atom stereocenters. The number of amides is 5. The van der Waals surface area contributed by atoms with Crippen LogP contribution in [0.3, 0.4) is 0 Å². The van der Waals surface area contributed by atoms with E-state index in [2.05, 4.69) is 17.7 Å². The van der Waals surface area contributed by atoms with E-state index in [-0.39, 0.29) is 12.2 Å². The molecule has 1 aliphatic heterocycles. The highest BCUT2D eigenvalue weighted by Gasteiger charge is 2.52. The van der Waals surface area contributed by atoms with Gasteiger partial charge in [-0.2, -0.15) is 5.01 Å². The van der Waals surface area contributed by atoms with Crippen molar-refractivity contribution < 1.29 is 23.9 Å². The number of carbonyl (C=O) groups excluding carboxylic acids is 4. The van der Waals surface area contributed by atoms with Crippen LogP contribution in [0.25, 0.3) is 0 Å². The van der Waals surface area contributed by atoms with Gasteiger partial charge in [-0.25, -0.2) is 4.79 Å². The number of nitrogens with two attached hydrogens (primary N) is 1. The van der Waals surface area contributed by atoms with Gasteiger partial charge in [-0.1, -0.05) is 6.92 Å². The van der Waals surface area contributed by atoms with Crippen molar-refractivity contribution in [2.45, 2.75) is 38.1 Å². The Labute approximate surface area is 156 Å². The van der Waals surface area contributed by atoms with Crippen LogP contribution in [0, 0.1) is 5.92 Å². The molecule has 2 fully saturated rings. The number of hydrogen-bond donors (Lipinski definition) is 3. The zero-order valence-electron chi connectivity index (χ0n) is 15.0. The van der Waals surface area contributed by atoms with Crippen molar-refractivity contribution in [1.29, 1.82) is 0 Å². The molecule has 9 nitrogen and oxygen atoms in total. The third-order valence-corrected chi connectivity index (χ3v) is 5.00. The van der Waals surface area contributed by atoms with E-state index in [0.29, 0.717) is 24.5 Å². The van der Waals surface area contributed by atoms with Gasteiger partial charge in [0, 0.05) is 5.56 Å². The standard InChI is InChI=1S/C18H22N4O5/c1-11-6-8-18(9-7-11)16(25)22(17(26)20-18)21-15(24)12-2-4-13(5-3-12)27-10-14(19)23/h2-5,11H,6-10H2,1H3,(H2,19,23)(H,20,26)(H,21,24). The Bertz CT molecular complexity index is 768. The number of imide groups is 1. The van der Waals surface area contributed by atoms with Gasteiger partial charge < -0.3 is 15.8 Å². The fourth-order valence-electron chi connectivity index (χ4n) is 3.34. The summed E-state index contributed by atoms with van der Waals surface area (Å²) in [5.41, 5.74) is 6.69. The first kappa shape index (κ1) is 18.7. The molecule has 1 saturated heterocycles. The fraction of sp³-hybridized carbons (Fsp3) is 0.444. The van der Waals surface area contributed by atoms with E-state index in [1.165, 1.54) is 24.3 Å². The normalized spacial score (nSPS) is 24.6. The summed E-state index contributed by atoms with van der Waals surface area (Å²) in [4.78, 5) is 48.1. The summed E-state index contributed by atoms with van der Waals surface area (Å²) in [5.74, 6) is -0.744. The summed E-state index contributed by atoms with van der Waals surface area (Å²) in [6.45, 7) is 1.85. The molecule has 0 atom stereocenters. The third-order valence-electron chi connectivity index (χ3n) is 5.00. The molecular formula is C18H22N4O5. The number of ether oxygens (including phenoxy) is 1. The van der Waals surface area contributed by atoms with Crippen LogP contribution in [0.4, 0.5) is 4.79 Å². The van der Waals surface area contributed by atoms with Crippen molar-refractivity contribution in [1.82, 2.24) is 15.8 Å². The van der Waals surface area contributed by atoms with Crippen LogP contribution >= 0.6 is 0 Å². The van der Waals surface area contributed by atoms with E-state index < -0.39 is 29.3 Å². The number of hydrazine groups is 1. The SMILES string of the molecule is CC1CCC2(CC1)NC(=O)N(NC(=O)c1ccc(OCC(N)=O)cc1)C2=O. The maximum Gasteiger partial charge on any atom is 0.344 e. The number of hydrogen-bond acceptors (Lipinski definition) is 5. The maximum absolute atomic E-state index is 12.7. The molecule has 1 heterocycles. The van der Waals surface area contributed by atoms with E-state index in [4.69, 9.17) is 10.5 Å². The Balaban J connectivity index is 1.64. The highest BCUT2D eigenvalue weighted by atomic mass is 16.5.